The monoisotopic (exact) mass is 259 g/mol. The first-order valence-electron chi connectivity index (χ1n) is 5.95. The maximum absolute atomic E-state index is 12.5. The maximum Gasteiger partial charge on any atom is 0.190 e. The number of rotatable bonds is 3. The molecule has 0 bridgehead atoms. The first-order valence-corrected chi connectivity index (χ1v) is 6.94. The van der Waals surface area contributed by atoms with Crippen molar-refractivity contribution in [1.82, 2.24) is 15.0 Å². The molecule has 18 heavy (non-hydrogen) atoms. The van der Waals surface area contributed by atoms with E-state index in [-0.39, 0.29) is 11.7 Å². The van der Waals surface area contributed by atoms with E-state index in [1.165, 1.54) is 4.90 Å². The lowest BCUT2D eigenvalue weighted by atomic mass is 9.95. The molecule has 0 N–H and O–H groups in total. The van der Waals surface area contributed by atoms with Crippen molar-refractivity contribution in [2.75, 3.05) is 5.75 Å². The molecule has 1 aromatic carbocycles. The Morgan fingerprint density at radius 3 is 3.17 bits per heavy atom. The Morgan fingerprint density at radius 1 is 1.50 bits per heavy atom. The van der Waals surface area contributed by atoms with Crippen LogP contribution in [0.4, 0.5) is 0 Å². The molecule has 1 aromatic heterocycles. The summed E-state index contributed by atoms with van der Waals surface area (Å²) in [6.07, 6.45) is 1.57. The van der Waals surface area contributed by atoms with Gasteiger partial charge < -0.3 is 0 Å². The number of fused-ring (bicyclic) bond motifs is 1. The molecule has 3 rings (SSSR count). The van der Waals surface area contributed by atoms with Crippen LogP contribution in [0.15, 0.2) is 35.4 Å². The van der Waals surface area contributed by atoms with Gasteiger partial charge in [-0.15, -0.1) is 16.9 Å². The predicted octanol–water partition coefficient (Wildman–Crippen LogP) is 2.37. The zero-order valence-corrected chi connectivity index (χ0v) is 10.9. The Labute approximate surface area is 109 Å². The van der Waals surface area contributed by atoms with E-state index in [0.29, 0.717) is 12.2 Å². The number of carbonyl (C=O) groups is 1. The number of aromatic nitrogens is 3. The summed E-state index contributed by atoms with van der Waals surface area (Å²) in [6.45, 7) is 2.63. The smallest absolute Gasteiger partial charge is 0.190 e. The highest BCUT2D eigenvalue weighted by molar-refractivity contribution is 7.99. The molecule has 1 unspecified atom stereocenters. The number of hydrogen-bond acceptors (Lipinski definition) is 4. The number of benzene rings is 1. The highest BCUT2D eigenvalue weighted by Gasteiger charge is 2.31. The average Bonchev–Trinajstić information content (AvgIpc) is 3.04. The first-order chi connectivity index (χ1) is 8.81. The maximum atomic E-state index is 12.5. The standard InChI is InChI=1S/C13H13N3OS/c1-2-16-11(7-14-15-16)13(17)10-8-18-12-6-4-3-5-9(10)12/h3-7,10H,2,8H2,1H3. The van der Waals surface area contributed by atoms with Crippen molar-refractivity contribution in [2.24, 2.45) is 0 Å². The van der Waals surface area contributed by atoms with Crippen molar-refractivity contribution in [3.8, 4) is 0 Å². The predicted molar refractivity (Wildman–Crippen MR) is 69.9 cm³/mol. The van der Waals surface area contributed by atoms with Gasteiger partial charge in [-0.1, -0.05) is 23.4 Å². The Hall–Kier alpha value is -1.62. The number of thioether (sulfide) groups is 1. The van der Waals surface area contributed by atoms with Crippen molar-refractivity contribution in [3.05, 3.63) is 41.7 Å². The van der Waals surface area contributed by atoms with Crippen molar-refractivity contribution >= 4 is 17.5 Å². The lowest BCUT2D eigenvalue weighted by Gasteiger charge is -2.09. The number of nitrogens with zero attached hydrogens (tertiary/aromatic N) is 3. The summed E-state index contributed by atoms with van der Waals surface area (Å²) in [7, 11) is 0. The fourth-order valence-corrected chi connectivity index (χ4v) is 3.47. The number of hydrogen-bond donors (Lipinski definition) is 0. The fourth-order valence-electron chi connectivity index (χ4n) is 2.24. The molecule has 0 radical (unpaired) electrons. The van der Waals surface area contributed by atoms with Crippen molar-refractivity contribution < 1.29 is 4.79 Å². The molecule has 1 aliphatic rings. The quantitative estimate of drug-likeness (QED) is 0.794. The lowest BCUT2D eigenvalue weighted by molar-refractivity contribution is 0.0958. The van der Waals surface area contributed by atoms with Crippen molar-refractivity contribution in [3.63, 3.8) is 0 Å². The number of Topliss-reactive ketones (excluding diaryl/α,β-unsaturated/α-hetero) is 1. The van der Waals surface area contributed by atoms with Crippen LogP contribution in [0.1, 0.15) is 28.9 Å². The van der Waals surface area contributed by atoms with Gasteiger partial charge in [-0.05, 0) is 18.6 Å². The van der Waals surface area contributed by atoms with Gasteiger partial charge in [0.25, 0.3) is 0 Å². The zero-order valence-electron chi connectivity index (χ0n) is 10.0. The third-order valence-electron chi connectivity index (χ3n) is 3.19. The Balaban J connectivity index is 1.96. The molecule has 0 aliphatic carbocycles. The normalized spacial score (nSPS) is 17.7. The van der Waals surface area contributed by atoms with Gasteiger partial charge >= 0.3 is 0 Å². The van der Waals surface area contributed by atoms with Crippen LogP contribution >= 0.6 is 11.8 Å². The van der Waals surface area contributed by atoms with E-state index < -0.39 is 0 Å². The van der Waals surface area contributed by atoms with Crippen molar-refractivity contribution in [2.45, 2.75) is 24.3 Å². The number of ketones is 1. The van der Waals surface area contributed by atoms with Crippen LogP contribution < -0.4 is 0 Å². The van der Waals surface area contributed by atoms with E-state index in [1.54, 1.807) is 22.6 Å². The lowest BCUT2D eigenvalue weighted by Crippen LogP contribution is -2.17. The van der Waals surface area contributed by atoms with E-state index in [4.69, 9.17) is 0 Å². The molecule has 2 heterocycles. The van der Waals surface area contributed by atoms with E-state index in [0.717, 1.165) is 11.3 Å². The molecular formula is C13H13N3OS. The molecule has 1 atom stereocenters. The summed E-state index contributed by atoms with van der Waals surface area (Å²) in [5, 5.41) is 7.75. The molecule has 0 fully saturated rings. The van der Waals surface area contributed by atoms with Crippen LogP contribution in [-0.2, 0) is 6.54 Å². The van der Waals surface area contributed by atoms with E-state index in [2.05, 4.69) is 16.4 Å². The first kappa shape index (κ1) is 11.5. The van der Waals surface area contributed by atoms with Gasteiger partial charge in [-0.2, -0.15) is 0 Å². The second-order valence-electron chi connectivity index (χ2n) is 4.20. The van der Waals surface area contributed by atoms with Gasteiger partial charge in [0.2, 0.25) is 0 Å². The Morgan fingerprint density at radius 2 is 2.33 bits per heavy atom. The summed E-state index contributed by atoms with van der Waals surface area (Å²) in [6, 6.07) is 8.11. The fraction of sp³-hybridized carbons (Fsp3) is 0.308. The molecule has 0 saturated carbocycles. The minimum atomic E-state index is -0.0602. The molecule has 2 aromatic rings. The third kappa shape index (κ3) is 1.75. The molecule has 0 spiro atoms. The second-order valence-corrected chi connectivity index (χ2v) is 5.26. The highest BCUT2D eigenvalue weighted by Crippen LogP contribution is 2.40. The molecular weight excluding hydrogens is 246 g/mol. The van der Waals surface area contributed by atoms with Gasteiger partial charge in [0.1, 0.15) is 5.69 Å². The molecule has 0 amide bonds. The van der Waals surface area contributed by atoms with Gasteiger partial charge in [0, 0.05) is 17.2 Å². The Bertz CT molecular complexity index is 593. The van der Waals surface area contributed by atoms with Crippen LogP contribution in [-0.4, -0.2) is 26.5 Å². The molecule has 1 aliphatic heterocycles. The zero-order chi connectivity index (χ0) is 12.5. The summed E-state index contributed by atoms with van der Waals surface area (Å²) in [5.74, 6) is 0.877. The number of aryl methyl sites for hydroxylation is 1. The SMILES string of the molecule is CCn1nncc1C(=O)C1CSc2ccccc21. The van der Waals surface area contributed by atoms with Crippen LogP contribution in [0.5, 0.6) is 0 Å². The highest BCUT2D eigenvalue weighted by atomic mass is 32.2. The van der Waals surface area contributed by atoms with Gasteiger partial charge in [0.05, 0.1) is 12.1 Å². The minimum absolute atomic E-state index is 0.0602. The third-order valence-corrected chi connectivity index (χ3v) is 4.37. The summed E-state index contributed by atoms with van der Waals surface area (Å²) < 4.78 is 1.66. The van der Waals surface area contributed by atoms with Gasteiger partial charge in [-0.3, -0.25) is 4.79 Å². The van der Waals surface area contributed by atoms with Crippen molar-refractivity contribution in [1.29, 1.82) is 0 Å². The molecule has 0 saturated heterocycles. The van der Waals surface area contributed by atoms with E-state index in [9.17, 15) is 4.79 Å². The van der Waals surface area contributed by atoms with Gasteiger partial charge in [0.15, 0.2) is 5.78 Å². The van der Waals surface area contributed by atoms with Crippen LogP contribution in [0.3, 0.4) is 0 Å². The molecule has 4 nitrogen and oxygen atoms in total. The summed E-state index contributed by atoms with van der Waals surface area (Å²) in [4.78, 5) is 13.8. The summed E-state index contributed by atoms with van der Waals surface area (Å²) in [5.41, 5.74) is 1.75. The second kappa shape index (κ2) is 4.57. The summed E-state index contributed by atoms with van der Waals surface area (Å²) >= 11 is 1.74. The molecule has 92 valence electrons. The largest absolute Gasteiger partial charge is 0.292 e. The van der Waals surface area contributed by atoms with Crippen LogP contribution in [0.25, 0.3) is 0 Å². The topological polar surface area (TPSA) is 47.8 Å². The minimum Gasteiger partial charge on any atom is -0.292 e. The van der Waals surface area contributed by atoms with Crippen LogP contribution in [0, 0.1) is 0 Å². The van der Waals surface area contributed by atoms with Crippen LogP contribution in [0.2, 0.25) is 0 Å². The molecule has 5 heteroatoms. The Kier molecular flexibility index (Phi) is 2.91. The van der Waals surface area contributed by atoms with E-state index in [1.807, 2.05) is 25.1 Å². The van der Waals surface area contributed by atoms with Gasteiger partial charge in [-0.25, -0.2) is 4.68 Å². The average molecular weight is 259 g/mol. The number of carbonyl (C=O) groups excluding carboxylic acids is 1. The van der Waals surface area contributed by atoms with E-state index >= 15 is 0 Å².